The standard InChI is InChI=1S/C12H17NOS/c1-13-12-8-15-7-10(12)6-9-2-4-11(14)5-3-9/h2-5,10,12-14H,6-8H2,1H3. The van der Waals surface area contributed by atoms with Crippen molar-refractivity contribution in [3.8, 4) is 5.75 Å². The van der Waals surface area contributed by atoms with E-state index in [2.05, 4.69) is 5.32 Å². The van der Waals surface area contributed by atoms with Crippen LogP contribution in [-0.4, -0.2) is 29.7 Å². The number of aromatic hydroxyl groups is 1. The average Bonchev–Trinajstić information content (AvgIpc) is 2.69. The summed E-state index contributed by atoms with van der Waals surface area (Å²) in [6, 6.07) is 8.22. The molecule has 1 fully saturated rings. The van der Waals surface area contributed by atoms with Gasteiger partial charge in [0.2, 0.25) is 0 Å². The van der Waals surface area contributed by atoms with Crippen LogP contribution in [0.1, 0.15) is 5.56 Å². The summed E-state index contributed by atoms with van der Waals surface area (Å²) in [5.74, 6) is 3.54. The minimum atomic E-state index is 0.352. The van der Waals surface area contributed by atoms with Crippen LogP contribution in [0.4, 0.5) is 0 Å². The molecule has 2 atom stereocenters. The van der Waals surface area contributed by atoms with Crippen LogP contribution < -0.4 is 5.32 Å². The average molecular weight is 223 g/mol. The SMILES string of the molecule is CNC1CSCC1Cc1ccc(O)cc1. The third kappa shape index (κ3) is 2.67. The molecule has 3 heteroatoms. The van der Waals surface area contributed by atoms with E-state index in [9.17, 15) is 5.11 Å². The number of thioether (sulfide) groups is 1. The molecule has 1 aromatic carbocycles. The molecule has 1 aromatic rings. The molecule has 0 aliphatic carbocycles. The lowest BCUT2D eigenvalue weighted by Gasteiger charge is -2.17. The second-order valence-electron chi connectivity index (χ2n) is 4.06. The van der Waals surface area contributed by atoms with Gasteiger partial charge < -0.3 is 10.4 Å². The number of phenolic OH excluding ortho intramolecular Hbond substituents is 1. The molecule has 1 aliphatic rings. The fraction of sp³-hybridized carbons (Fsp3) is 0.500. The summed E-state index contributed by atoms with van der Waals surface area (Å²) in [7, 11) is 2.04. The lowest BCUT2D eigenvalue weighted by Crippen LogP contribution is -2.33. The zero-order valence-corrected chi connectivity index (χ0v) is 9.76. The number of benzene rings is 1. The van der Waals surface area contributed by atoms with Gasteiger partial charge in [0, 0.05) is 11.8 Å². The van der Waals surface area contributed by atoms with Gasteiger partial charge >= 0.3 is 0 Å². The van der Waals surface area contributed by atoms with Crippen molar-refractivity contribution in [1.82, 2.24) is 5.32 Å². The number of hydrogen-bond acceptors (Lipinski definition) is 3. The summed E-state index contributed by atoms with van der Waals surface area (Å²) >= 11 is 2.03. The zero-order valence-electron chi connectivity index (χ0n) is 8.94. The lowest BCUT2D eigenvalue weighted by molar-refractivity contribution is 0.452. The second-order valence-corrected chi connectivity index (χ2v) is 5.14. The van der Waals surface area contributed by atoms with E-state index in [1.54, 1.807) is 12.1 Å². The Balaban J connectivity index is 1.99. The van der Waals surface area contributed by atoms with Crippen molar-refractivity contribution in [2.45, 2.75) is 12.5 Å². The first kappa shape index (κ1) is 10.8. The maximum absolute atomic E-state index is 9.20. The van der Waals surface area contributed by atoms with Crippen LogP contribution in [0.15, 0.2) is 24.3 Å². The van der Waals surface area contributed by atoms with Gasteiger partial charge in [0.05, 0.1) is 0 Å². The van der Waals surface area contributed by atoms with E-state index in [4.69, 9.17) is 0 Å². The third-order valence-electron chi connectivity index (χ3n) is 3.00. The fourth-order valence-electron chi connectivity index (χ4n) is 2.05. The molecule has 2 nitrogen and oxygen atoms in total. The van der Waals surface area contributed by atoms with Crippen LogP contribution in [0.5, 0.6) is 5.75 Å². The Morgan fingerprint density at radius 1 is 1.33 bits per heavy atom. The molecule has 2 N–H and O–H groups in total. The highest BCUT2D eigenvalue weighted by Gasteiger charge is 2.26. The van der Waals surface area contributed by atoms with Crippen LogP contribution >= 0.6 is 11.8 Å². The van der Waals surface area contributed by atoms with E-state index >= 15 is 0 Å². The predicted molar refractivity (Wildman–Crippen MR) is 65.5 cm³/mol. The Morgan fingerprint density at radius 3 is 2.73 bits per heavy atom. The summed E-state index contributed by atoms with van der Waals surface area (Å²) in [4.78, 5) is 0. The molecule has 15 heavy (non-hydrogen) atoms. The quantitative estimate of drug-likeness (QED) is 0.820. The normalized spacial score (nSPS) is 25.7. The van der Waals surface area contributed by atoms with Crippen LogP contribution in [0.2, 0.25) is 0 Å². The first-order valence-corrected chi connectivity index (χ1v) is 6.48. The van der Waals surface area contributed by atoms with Gasteiger partial charge in [-0.25, -0.2) is 0 Å². The highest BCUT2D eigenvalue weighted by atomic mass is 32.2. The fourth-order valence-corrected chi connectivity index (χ4v) is 3.54. The number of phenols is 1. The predicted octanol–water partition coefficient (Wildman–Crippen LogP) is 1.89. The smallest absolute Gasteiger partial charge is 0.115 e. The first-order chi connectivity index (χ1) is 7.29. The summed E-state index contributed by atoms with van der Waals surface area (Å²) in [6.07, 6.45) is 1.11. The van der Waals surface area contributed by atoms with Crippen LogP contribution in [0.3, 0.4) is 0 Å². The zero-order chi connectivity index (χ0) is 10.7. The summed E-state index contributed by atoms with van der Waals surface area (Å²) < 4.78 is 0. The van der Waals surface area contributed by atoms with Gasteiger partial charge in [-0.05, 0) is 42.8 Å². The van der Waals surface area contributed by atoms with Crippen LogP contribution in [-0.2, 0) is 6.42 Å². The van der Waals surface area contributed by atoms with Crippen LogP contribution in [0, 0.1) is 5.92 Å². The summed E-state index contributed by atoms with van der Waals surface area (Å²) in [5, 5.41) is 12.6. The molecule has 0 amide bonds. The maximum Gasteiger partial charge on any atom is 0.115 e. The Kier molecular flexibility index (Phi) is 3.54. The topological polar surface area (TPSA) is 32.3 Å². The number of hydrogen-bond donors (Lipinski definition) is 2. The minimum Gasteiger partial charge on any atom is -0.508 e. The highest BCUT2D eigenvalue weighted by molar-refractivity contribution is 7.99. The Bertz CT molecular complexity index is 312. The van der Waals surface area contributed by atoms with Gasteiger partial charge in [0.15, 0.2) is 0 Å². The van der Waals surface area contributed by atoms with Gasteiger partial charge in [-0.3, -0.25) is 0 Å². The largest absolute Gasteiger partial charge is 0.508 e. The van der Waals surface area contributed by atoms with Crippen molar-refractivity contribution < 1.29 is 5.11 Å². The highest BCUT2D eigenvalue weighted by Crippen LogP contribution is 2.27. The van der Waals surface area contributed by atoms with E-state index in [0.717, 1.165) is 12.3 Å². The van der Waals surface area contributed by atoms with Gasteiger partial charge in [-0.1, -0.05) is 12.1 Å². The van der Waals surface area contributed by atoms with Gasteiger partial charge in [0.1, 0.15) is 5.75 Å². The molecule has 0 saturated carbocycles. The molecule has 0 bridgehead atoms. The van der Waals surface area contributed by atoms with Crippen molar-refractivity contribution >= 4 is 11.8 Å². The second kappa shape index (κ2) is 4.90. The third-order valence-corrected chi connectivity index (χ3v) is 4.26. The monoisotopic (exact) mass is 223 g/mol. The Labute approximate surface area is 95.1 Å². The molecule has 2 unspecified atom stereocenters. The van der Waals surface area contributed by atoms with Gasteiger partial charge in [-0.15, -0.1) is 0 Å². The Hall–Kier alpha value is -0.670. The summed E-state index contributed by atoms with van der Waals surface area (Å²) in [5.41, 5.74) is 1.32. The molecular formula is C12H17NOS. The minimum absolute atomic E-state index is 0.352. The van der Waals surface area contributed by atoms with E-state index in [0.29, 0.717) is 11.8 Å². The molecule has 1 aliphatic heterocycles. The van der Waals surface area contributed by atoms with Crippen LogP contribution in [0.25, 0.3) is 0 Å². The van der Waals surface area contributed by atoms with Gasteiger partial charge in [-0.2, -0.15) is 11.8 Å². The molecular weight excluding hydrogens is 206 g/mol. The van der Waals surface area contributed by atoms with E-state index in [1.165, 1.54) is 17.1 Å². The maximum atomic E-state index is 9.20. The van der Waals surface area contributed by atoms with E-state index in [-0.39, 0.29) is 0 Å². The van der Waals surface area contributed by atoms with Crippen molar-refractivity contribution in [2.24, 2.45) is 5.92 Å². The van der Waals surface area contributed by atoms with Crippen molar-refractivity contribution in [3.05, 3.63) is 29.8 Å². The molecule has 0 spiro atoms. The molecule has 82 valence electrons. The van der Waals surface area contributed by atoms with Crippen molar-refractivity contribution in [1.29, 1.82) is 0 Å². The van der Waals surface area contributed by atoms with Gasteiger partial charge in [0.25, 0.3) is 0 Å². The van der Waals surface area contributed by atoms with E-state index < -0.39 is 0 Å². The lowest BCUT2D eigenvalue weighted by atomic mass is 9.95. The Morgan fingerprint density at radius 2 is 2.07 bits per heavy atom. The molecule has 0 aromatic heterocycles. The molecule has 2 rings (SSSR count). The van der Waals surface area contributed by atoms with E-state index in [1.807, 2.05) is 30.9 Å². The molecule has 1 heterocycles. The van der Waals surface area contributed by atoms with Crippen molar-refractivity contribution in [3.63, 3.8) is 0 Å². The molecule has 1 saturated heterocycles. The number of nitrogens with one attached hydrogen (secondary N) is 1. The number of rotatable bonds is 3. The molecule has 0 radical (unpaired) electrons. The first-order valence-electron chi connectivity index (χ1n) is 5.32. The van der Waals surface area contributed by atoms with Crippen molar-refractivity contribution in [2.75, 3.05) is 18.6 Å². The summed E-state index contributed by atoms with van der Waals surface area (Å²) in [6.45, 7) is 0.